The van der Waals surface area contributed by atoms with E-state index in [9.17, 15) is 18.4 Å². The maximum Gasteiger partial charge on any atom is 0.266 e. The van der Waals surface area contributed by atoms with Crippen LogP contribution in [0.1, 0.15) is 12.0 Å². The zero-order chi connectivity index (χ0) is 17.3. The molecule has 2 aromatic rings. The summed E-state index contributed by atoms with van der Waals surface area (Å²) in [5, 5.41) is 4.97. The van der Waals surface area contributed by atoms with Crippen molar-refractivity contribution in [2.45, 2.75) is 19.4 Å². The summed E-state index contributed by atoms with van der Waals surface area (Å²) in [6.07, 6.45) is -1.32. The zero-order valence-electron chi connectivity index (χ0n) is 12.7. The smallest absolute Gasteiger partial charge is 0.266 e. The van der Waals surface area contributed by atoms with Gasteiger partial charge in [-0.1, -0.05) is 6.07 Å². The molecule has 124 valence electrons. The van der Waals surface area contributed by atoms with E-state index in [1.807, 2.05) is 13.0 Å². The minimum absolute atomic E-state index is 0.159. The number of fused-ring (bicyclic) bond motifs is 1. The summed E-state index contributed by atoms with van der Waals surface area (Å²) in [6, 6.07) is 8.09. The summed E-state index contributed by atoms with van der Waals surface area (Å²) in [7, 11) is 0. The van der Waals surface area contributed by atoms with Crippen molar-refractivity contribution < 1.29 is 23.1 Å². The second-order valence-electron chi connectivity index (χ2n) is 5.47. The van der Waals surface area contributed by atoms with Gasteiger partial charge >= 0.3 is 0 Å². The van der Waals surface area contributed by atoms with Gasteiger partial charge in [0.05, 0.1) is 17.8 Å². The van der Waals surface area contributed by atoms with Crippen LogP contribution in [-0.2, 0) is 9.59 Å². The van der Waals surface area contributed by atoms with Crippen molar-refractivity contribution >= 4 is 23.2 Å². The molecule has 0 radical (unpaired) electrons. The number of rotatable bonds is 3. The van der Waals surface area contributed by atoms with Gasteiger partial charge in [-0.2, -0.15) is 0 Å². The third-order valence-corrected chi connectivity index (χ3v) is 3.53. The van der Waals surface area contributed by atoms with Gasteiger partial charge in [0, 0.05) is 6.07 Å². The molecule has 7 heteroatoms. The second-order valence-corrected chi connectivity index (χ2v) is 5.47. The number of benzene rings is 2. The number of anilines is 2. The molecule has 0 aliphatic carbocycles. The molecule has 0 bridgehead atoms. The Labute approximate surface area is 136 Å². The number of amides is 2. The first-order valence-electron chi connectivity index (χ1n) is 7.25. The molecule has 0 saturated carbocycles. The Morgan fingerprint density at radius 1 is 1.25 bits per heavy atom. The summed E-state index contributed by atoms with van der Waals surface area (Å²) >= 11 is 0. The molecule has 2 aromatic carbocycles. The summed E-state index contributed by atoms with van der Waals surface area (Å²) in [5.41, 5.74) is 1.34. The van der Waals surface area contributed by atoms with E-state index in [0.29, 0.717) is 17.5 Å². The highest BCUT2D eigenvalue weighted by atomic mass is 19.1. The Morgan fingerprint density at radius 2 is 2.04 bits per heavy atom. The van der Waals surface area contributed by atoms with Crippen molar-refractivity contribution in [1.82, 2.24) is 0 Å². The second kappa shape index (κ2) is 6.27. The lowest BCUT2D eigenvalue weighted by Gasteiger charge is -2.25. The van der Waals surface area contributed by atoms with Gasteiger partial charge in [0.15, 0.2) is 6.10 Å². The maximum atomic E-state index is 13.5. The first kappa shape index (κ1) is 15.9. The van der Waals surface area contributed by atoms with Gasteiger partial charge in [0.2, 0.25) is 5.91 Å². The summed E-state index contributed by atoms with van der Waals surface area (Å²) in [5.74, 6) is -2.24. The lowest BCUT2D eigenvalue weighted by atomic mass is 10.1. The number of nitrogens with one attached hydrogen (secondary N) is 2. The van der Waals surface area contributed by atoms with Crippen LogP contribution in [0.25, 0.3) is 0 Å². The summed E-state index contributed by atoms with van der Waals surface area (Å²) < 4.78 is 31.9. The highest BCUT2D eigenvalue weighted by Crippen LogP contribution is 2.31. The van der Waals surface area contributed by atoms with Crippen LogP contribution in [0.2, 0.25) is 0 Å². The topological polar surface area (TPSA) is 67.4 Å². The normalized spacial score (nSPS) is 16.0. The minimum Gasteiger partial charge on any atom is -0.478 e. The fourth-order valence-corrected chi connectivity index (χ4v) is 2.36. The predicted molar refractivity (Wildman–Crippen MR) is 83.8 cm³/mol. The van der Waals surface area contributed by atoms with Gasteiger partial charge < -0.3 is 15.4 Å². The minimum atomic E-state index is -1.02. The first-order chi connectivity index (χ1) is 11.4. The van der Waals surface area contributed by atoms with E-state index in [-0.39, 0.29) is 12.1 Å². The third kappa shape index (κ3) is 3.34. The Balaban J connectivity index is 1.68. The van der Waals surface area contributed by atoms with E-state index in [1.165, 1.54) is 0 Å². The van der Waals surface area contributed by atoms with Crippen molar-refractivity contribution in [3.63, 3.8) is 0 Å². The molecule has 0 fully saturated rings. The number of halogens is 2. The highest BCUT2D eigenvalue weighted by Gasteiger charge is 2.30. The largest absolute Gasteiger partial charge is 0.478 e. The van der Waals surface area contributed by atoms with Gasteiger partial charge in [-0.15, -0.1) is 0 Å². The monoisotopic (exact) mass is 332 g/mol. The number of aryl methyl sites for hydroxylation is 1. The van der Waals surface area contributed by atoms with Crippen molar-refractivity contribution in [2.24, 2.45) is 0 Å². The maximum absolute atomic E-state index is 13.5. The van der Waals surface area contributed by atoms with E-state index >= 15 is 0 Å². The Kier molecular flexibility index (Phi) is 4.16. The van der Waals surface area contributed by atoms with Gasteiger partial charge in [-0.3, -0.25) is 9.59 Å². The van der Waals surface area contributed by atoms with Gasteiger partial charge in [0.25, 0.3) is 5.91 Å². The van der Waals surface area contributed by atoms with E-state index in [2.05, 4.69) is 10.6 Å². The third-order valence-electron chi connectivity index (χ3n) is 3.53. The van der Waals surface area contributed by atoms with E-state index < -0.39 is 29.6 Å². The Morgan fingerprint density at radius 3 is 2.79 bits per heavy atom. The number of hydrogen-bond acceptors (Lipinski definition) is 3. The molecular formula is C17H14F2N2O3. The van der Waals surface area contributed by atoms with Crippen LogP contribution in [0.15, 0.2) is 36.4 Å². The quantitative estimate of drug-likeness (QED) is 0.908. The average Bonchev–Trinajstić information content (AvgIpc) is 2.51. The molecule has 5 nitrogen and oxygen atoms in total. The summed E-state index contributed by atoms with van der Waals surface area (Å²) in [6.45, 7) is 1.88. The van der Waals surface area contributed by atoms with Crippen LogP contribution in [0.4, 0.5) is 20.2 Å². The molecule has 1 heterocycles. The van der Waals surface area contributed by atoms with Crippen molar-refractivity contribution in [1.29, 1.82) is 0 Å². The van der Waals surface area contributed by atoms with Crippen molar-refractivity contribution in [2.75, 3.05) is 10.6 Å². The number of hydrogen-bond donors (Lipinski definition) is 2. The van der Waals surface area contributed by atoms with Crippen LogP contribution < -0.4 is 15.4 Å². The van der Waals surface area contributed by atoms with Crippen LogP contribution in [-0.4, -0.2) is 17.9 Å². The average molecular weight is 332 g/mol. The highest BCUT2D eigenvalue weighted by molar-refractivity contribution is 6.02. The summed E-state index contributed by atoms with van der Waals surface area (Å²) in [4.78, 5) is 24.0. The zero-order valence-corrected chi connectivity index (χ0v) is 12.7. The molecule has 1 atom stereocenters. The number of ether oxygens (including phenoxy) is 1. The van der Waals surface area contributed by atoms with Crippen LogP contribution in [0, 0.1) is 18.6 Å². The molecular weight excluding hydrogens is 318 g/mol. The lowest BCUT2D eigenvalue weighted by Crippen LogP contribution is -2.39. The number of carbonyl (C=O) groups excluding carboxylic acids is 2. The standard InChI is InChI=1S/C17H14F2N2O3/c1-9-2-5-14-13(6-9)21-17(23)15(24-14)8-16(22)20-12-4-3-10(18)7-11(12)19/h2-7,15H,8H2,1H3,(H,20,22)(H,21,23)/t15-/m0/s1. The van der Waals surface area contributed by atoms with Gasteiger partial charge in [0.1, 0.15) is 17.4 Å². The molecule has 2 amide bonds. The van der Waals surface area contributed by atoms with E-state index in [0.717, 1.165) is 17.7 Å². The van der Waals surface area contributed by atoms with Crippen molar-refractivity contribution in [3.8, 4) is 5.75 Å². The molecule has 0 unspecified atom stereocenters. The fourth-order valence-electron chi connectivity index (χ4n) is 2.36. The molecule has 1 aliphatic rings. The molecule has 2 N–H and O–H groups in total. The fraction of sp³-hybridized carbons (Fsp3) is 0.176. The van der Waals surface area contributed by atoms with E-state index in [1.54, 1.807) is 12.1 Å². The van der Waals surface area contributed by atoms with Gasteiger partial charge in [-0.05, 0) is 36.8 Å². The van der Waals surface area contributed by atoms with Crippen molar-refractivity contribution in [3.05, 3.63) is 53.6 Å². The van der Waals surface area contributed by atoms with Crippen LogP contribution >= 0.6 is 0 Å². The van der Waals surface area contributed by atoms with Gasteiger partial charge in [-0.25, -0.2) is 8.78 Å². The lowest BCUT2D eigenvalue weighted by molar-refractivity contribution is -0.128. The molecule has 24 heavy (non-hydrogen) atoms. The molecule has 0 spiro atoms. The molecule has 0 aromatic heterocycles. The molecule has 0 saturated heterocycles. The molecule has 1 aliphatic heterocycles. The first-order valence-corrected chi connectivity index (χ1v) is 7.25. The SMILES string of the molecule is Cc1ccc2c(c1)NC(=O)[C@H](CC(=O)Nc1ccc(F)cc1F)O2. The van der Waals surface area contributed by atoms with Crippen LogP contribution in [0.3, 0.4) is 0 Å². The Bertz CT molecular complexity index is 823. The van der Waals surface area contributed by atoms with Crippen LogP contribution in [0.5, 0.6) is 5.75 Å². The van der Waals surface area contributed by atoms with E-state index in [4.69, 9.17) is 4.74 Å². The number of carbonyl (C=O) groups is 2. The predicted octanol–water partition coefficient (Wildman–Crippen LogP) is 3.00. The Hall–Kier alpha value is -2.96. The molecule has 3 rings (SSSR count).